The van der Waals surface area contributed by atoms with Crippen LogP contribution in [0.2, 0.25) is 10.0 Å². The highest BCUT2D eigenvalue weighted by molar-refractivity contribution is 6.43. The van der Waals surface area contributed by atoms with Gasteiger partial charge in [0.15, 0.2) is 0 Å². The van der Waals surface area contributed by atoms with Crippen LogP contribution in [0, 0.1) is 5.92 Å². The minimum absolute atomic E-state index is 0.120. The number of rotatable bonds is 7. The molecule has 2 aromatic carbocycles. The number of methoxy groups -OCH3 is 2. The van der Waals surface area contributed by atoms with Crippen molar-refractivity contribution in [3.05, 3.63) is 57.6 Å². The van der Waals surface area contributed by atoms with E-state index in [0.717, 1.165) is 36.4 Å². The van der Waals surface area contributed by atoms with Crippen molar-refractivity contribution >= 4 is 29.2 Å². The number of hydrogen-bond acceptors (Lipinski definition) is 4. The summed E-state index contributed by atoms with van der Waals surface area (Å²) in [6, 6.07) is 11.1. The normalized spacial score (nSPS) is 19.6. The highest BCUT2D eigenvalue weighted by atomic mass is 35.5. The largest absolute Gasteiger partial charge is 0.497 e. The maximum atomic E-state index is 13.6. The lowest BCUT2D eigenvalue weighted by molar-refractivity contribution is 0.0874. The zero-order valence-electron chi connectivity index (χ0n) is 19.9. The standard InChI is InChI=1S/C25H33Cl2N3O3/c1-16-14-29(3)12-11-21(16)30(15-18-7-6-8-19(13-18)32-4)25(31)28-17(2)20-9-10-22(33-5)24(27)23(20)26/h6-10,13,16-17,21H,11-12,14-15H2,1-5H3,(H,28,31)/t16?,17-,21?/m0/s1. The molecule has 0 radical (unpaired) electrons. The molecule has 1 N–H and O–H groups in total. The van der Waals surface area contributed by atoms with Gasteiger partial charge in [-0.3, -0.25) is 0 Å². The van der Waals surface area contributed by atoms with Gasteiger partial charge < -0.3 is 24.6 Å². The van der Waals surface area contributed by atoms with Crippen LogP contribution in [0.25, 0.3) is 0 Å². The molecule has 1 fully saturated rings. The minimum Gasteiger partial charge on any atom is -0.497 e. The Balaban J connectivity index is 1.84. The third-order valence-electron chi connectivity index (χ3n) is 6.31. The molecule has 1 saturated heterocycles. The van der Waals surface area contributed by atoms with Gasteiger partial charge in [-0.2, -0.15) is 0 Å². The van der Waals surface area contributed by atoms with Gasteiger partial charge in [0, 0.05) is 19.1 Å². The van der Waals surface area contributed by atoms with E-state index in [-0.39, 0.29) is 18.1 Å². The van der Waals surface area contributed by atoms with Crippen molar-refractivity contribution in [2.75, 3.05) is 34.4 Å². The highest BCUT2D eigenvalue weighted by Gasteiger charge is 2.33. The number of likely N-dealkylation sites (tertiary alicyclic amines) is 1. The fourth-order valence-corrected chi connectivity index (χ4v) is 5.07. The van der Waals surface area contributed by atoms with Crippen molar-refractivity contribution in [2.45, 2.75) is 38.9 Å². The lowest BCUT2D eigenvalue weighted by Crippen LogP contribution is -2.53. The molecule has 3 rings (SSSR count). The number of carbonyl (C=O) groups excluding carboxylic acids is 1. The molecule has 1 aliphatic rings. The number of halogens is 2. The van der Waals surface area contributed by atoms with E-state index in [1.54, 1.807) is 20.3 Å². The second-order valence-corrected chi connectivity index (χ2v) is 9.49. The van der Waals surface area contributed by atoms with E-state index in [0.29, 0.717) is 28.3 Å². The van der Waals surface area contributed by atoms with Gasteiger partial charge in [0.05, 0.1) is 25.3 Å². The first-order chi connectivity index (χ1) is 15.7. The molecule has 0 bridgehead atoms. The molecule has 6 nitrogen and oxygen atoms in total. The Morgan fingerprint density at radius 2 is 1.97 bits per heavy atom. The van der Waals surface area contributed by atoms with Crippen LogP contribution >= 0.6 is 23.2 Å². The lowest BCUT2D eigenvalue weighted by Gasteiger charge is -2.42. The average Bonchev–Trinajstić information content (AvgIpc) is 2.79. The van der Waals surface area contributed by atoms with Crippen LogP contribution in [0.1, 0.15) is 37.4 Å². The van der Waals surface area contributed by atoms with Gasteiger partial charge in [0.2, 0.25) is 0 Å². The quantitative estimate of drug-likeness (QED) is 0.543. The molecule has 8 heteroatoms. The molecule has 3 atom stereocenters. The van der Waals surface area contributed by atoms with E-state index in [2.05, 4.69) is 24.2 Å². The number of hydrogen-bond donors (Lipinski definition) is 1. The predicted octanol–water partition coefficient (Wildman–Crippen LogP) is 5.62. The van der Waals surface area contributed by atoms with Crippen molar-refractivity contribution in [2.24, 2.45) is 5.92 Å². The number of ether oxygens (including phenoxy) is 2. The van der Waals surface area contributed by atoms with Gasteiger partial charge in [-0.05, 0) is 62.2 Å². The molecular formula is C25H33Cl2N3O3. The Labute approximate surface area is 206 Å². The van der Waals surface area contributed by atoms with Crippen LogP contribution in [0.5, 0.6) is 11.5 Å². The summed E-state index contributed by atoms with van der Waals surface area (Å²) in [5, 5.41) is 3.87. The number of benzene rings is 2. The van der Waals surface area contributed by atoms with Gasteiger partial charge in [-0.15, -0.1) is 0 Å². The van der Waals surface area contributed by atoms with Crippen LogP contribution < -0.4 is 14.8 Å². The van der Waals surface area contributed by atoms with Crippen molar-refractivity contribution in [3.63, 3.8) is 0 Å². The molecule has 1 heterocycles. The molecule has 2 aromatic rings. The SMILES string of the molecule is COc1cccc(CN(C(=O)N[C@@H](C)c2ccc(OC)c(Cl)c2Cl)C2CCN(C)CC2C)c1. The summed E-state index contributed by atoms with van der Waals surface area (Å²) in [7, 11) is 5.31. The first-order valence-corrected chi connectivity index (χ1v) is 11.9. The van der Waals surface area contributed by atoms with Crippen LogP contribution in [0.15, 0.2) is 36.4 Å². The number of carbonyl (C=O) groups is 1. The molecule has 0 saturated carbocycles. The number of nitrogens with zero attached hydrogens (tertiary/aromatic N) is 2. The summed E-state index contributed by atoms with van der Waals surface area (Å²) in [4.78, 5) is 17.9. The highest BCUT2D eigenvalue weighted by Crippen LogP contribution is 2.37. The summed E-state index contributed by atoms with van der Waals surface area (Å²) in [6.07, 6.45) is 0.915. The monoisotopic (exact) mass is 493 g/mol. The number of nitrogens with one attached hydrogen (secondary N) is 1. The van der Waals surface area contributed by atoms with E-state index < -0.39 is 0 Å². The Morgan fingerprint density at radius 3 is 2.64 bits per heavy atom. The first kappa shape index (κ1) is 25.5. The topological polar surface area (TPSA) is 54.0 Å². The third kappa shape index (κ3) is 6.05. The van der Waals surface area contributed by atoms with E-state index in [4.69, 9.17) is 32.7 Å². The first-order valence-electron chi connectivity index (χ1n) is 11.2. The zero-order valence-corrected chi connectivity index (χ0v) is 21.4. The van der Waals surface area contributed by atoms with E-state index >= 15 is 0 Å². The Kier molecular flexibility index (Phi) is 8.74. The fourth-order valence-electron chi connectivity index (χ4n) is 4.50. The molecule has 0 aromatic heterocycles. The second kappa shape index (κ2) is 11.3. The van der Waals surface area contributed by atoms with Gasteiger partial charge in [-0.1, -0.05) is 48.3 Å². The summed E-state index contributed by atoms with van der Waals surface area (Å²) in [5.41, 5.74) is 1.77. The fraction of sp³-hybridized carbons (Fsp3) is 0.480. The summed E-state index contributed by atoms with van der Waals surface area (Å²) < 4.78 is 10.6. The molecule has 180 valence electrons. The predicted molar refractivity (Wildman–Crippen MR) is 134 cm³/mol. The molecule has 0 spiro atoms. The minimum atomic E-state index is -0.331. The van der Waals surface area contributed by atoms with Crippen molar-refractivity contribution in [1.82, 2.24) is 15.1 Å². The molecule has 1 aliphatic heterocycles. The summed E-state index contributed by atoms with van der Waals surface area (Å²) in [6.45, 7) is 6.50. The average molecular weight is 494 g/mol. The molecular weight excluding hydrogens is 461 g/mol. The summed E-state index contributed by atoms with van der Waals surface area (Å²) in [5.74, 6) is 1.62. The molecule has 0 aliphatic carbocycles. The Morgan fingerprint density at radius 1 is 1.21 bits per heavy atom. The van der Waals surface area contributed by atoms with Gasteiger partial charge in [0.1, 0.15) is 16.5 Å². The smallest absolute Gasteiger partial charge is 0.318 e. The molecule has 2 unspecified atom stereocenters. The molecule has 33 heavy (non-hydrogen) atoms. The summed E-state index contributed by atoms with van der Waals surface area (Å²) >= 11 is 12.8. The number of amides is 2. The van der Waals surface area contributed by atoms with E-state index in [1.807, 2.05) is 42.2 Å². The Bertz CT molecular complexity index is 972. The van der Waals surface area contributed by atoms with Gasteiger partial charge >= 0.3 is 6.03 Å². The number of urea groups is 1. The lowest BCUT2D eigenvalue weighted by atomic mass is 9.92. The third-order valence-corrected chi connectivity index (χ3v) is 7.19. The van der Waals surface area contributed by atoms with Crippen molar-refractivity contribution < 1.29 is 14.3 Å². The van der Waals surface area contributed by atoms with Crippen LogP contribution in [0.3, 0.4) is 0 Å². The zero-order chi connectivity index (χ0) is 24.1. The van der Waals surface area contributed by atoms with Crippen LogP contribution in [-0.2, 0) is 6.54 Å². The van der Waals surface area contributed by atoms with Gasteiger partial charge in [-0.25, -0.2) is 4.79 Å². The van der Waals surface area contributed by atoms with E-state index in [9.17, 15) is 4.79 Å². The second-order valence-electron chi connectivity index (χ2n) is 8.73. The maximum Gasteiger partial charge on any atom is 0.318 e. The Hall–Kier alpha value is -2.15. The van der Waals surface area contributed by atoms with Crippen LogP contribution in [0.4, 0.5) is 4.79 Å². The van der Waals surface area contributed by atoms with Crippen molar-refractivity contribution in [3.8, 4) is 11.5 Å². The van der Waals surface area contributed by atoms with Crippen LogP contribution in [-0.4, -0.2) is 56.2 Å². The van der Waals surface area contributed by atoms with Gasteiger partial charge in [0.25, 0.3) is 0 Å². The van der Waals surface area contributed by atoms with E-state index in [1.165, 1.54) is 0 Å². The molecule has 2 amide bonds. The van der Waals surface area contributed by atoms with Crippen molar-refractivity contribution in [1.29, 1.82) is 0 Å². The maximum absolute atomic E-state index is 13.6. The number of piperidine rings is 1.